The smallest absolute Gasteiger partial charge is 0.419 e. The Kier molecular flexibility index (Phi) is 6.79. The quantitative estimate of drug-likeness (QED) is 0.330. The molecule has 1 atom stereocenters. The van der Waals surface area contributed by atoms with Gasteiger partial charge in [0.15, 0.2) is 6.04 Å². The van der Waals surface area contributed by atoms with Crippen LogP contribution in [0.4, 0.5) is 0 Å². The standard InChI is InChI=1S/C19H18N4O4S/c1-3-27-19(24)18(22-21)17(15-6-4-5-14(11-15)12-20)23-28(25,26)16-9-7-13(2)8-10-16/h4-11,17,23H,3H2,1-2H3. The van der Waals surface area contributed by atoms with E-state index in [0.717, 1.165) is 5.56 Å². The molecule has 0 aliphatic heterocycles. The van der Waals surface area contributed by atoms with Crippen LogP contribution >= 0.6 is 0 Å². The number of ether oxygens (including phenoxy) is 1. The average Bonchev–Trinajstić information content (AvgIpc) is 2.68. The van der Waals surface area contributed by atoms with Crippen molar-refractivity contribution in [1.29, 1.82) is 5.26 Å². The fourth-order valence-electron chi connectivity index (χ4n) is 2.43. The fourth-order valence-corrected chi connectivity index (χ4v) is 3.62. The number of aryl methyl sites for hydroxylation is 1. The molecule has 0 fully saturated rings. The topological polar surface area (TPSA) is 133 Å². The summed E-state index contributed by atoms with van der Waals surface area (Å²) >= 11 is 0. The summed E-state index contributed by atoms with van der Waals surface area (Å²) in [6.45, 7) is 3.39. The van der Waals surface area contributed by atoms with Crippen LogP contribution in [0.5, 0.6) is 0 Å². The molecule has 0 bridgehead atoms. The van der Waals surface area contributed by atoms with Gasteiger partial charge < -0.3 is 10.3 Å². The Hall–Kier alpha value is -3.31. The number of sulfonamides is 1. The largest absolute Gasteiger partial charge is 0.457 e. The third-order valence-corrected chi connectivity index (χ3v) is 5.26. The van der Waals surface area contributed by atoms with E-state index in [9.17, 15) is 18.7 Å². The number of benzene rings is 2. The van der Waals surface area contributed by atoms with Gasteiger partial charge in [0.1, 0.15) is 0 Å². The van der Waals surface area contributed by atoms with Gasteiger partial charge in [-0.25, -0.2) is 13.2 Å². The van der Waals surface area contributed by atoms with Gasteiger partial charge in [-0.2, -0.15) is 14.8 Å². The van der Waals surface area contributed by atoms with E-state index in [-0.39, 0.29) is 22.6 Å². The van der Waals surface area contributed by atoms with Crippen molar-refractivity contribution in [3.63, 3.8) is 0 Å². The van der Waals surface area contributed by atoms with Gasteiger partial charge in [-0.15, -0.1) is 0 Å². The maximum atomic E-state index is 12.8. The van der Waals surface area contributed by atoms with Gasteiger partial charge in [0.25, 0.3) is 0 Å². The molecule has 2 aromatic carbocycles. The van der Waals surface area contributed by atoms with Crippen molar-refractivity contribution in [3.8, 4) is 6.07 Å². The summed E-state index contributed by atoms with van der Waals surface area (Å²) < 4.78 is 32.9. The van der Waals surface area contributed by atoms with E-state index in [1.807, 2.05) is 13.0 Å². The molecular formula is C19H18N4O4S. The molecule has 1 N–H and O–H groups in total. The molecule has 0 aliphatic rings. The first-order valence-electron chi connectivity index (χ1n) is 8.30. The molecular weight excluding hydrogens is 380 g/mol. The maximum absolute atomic E-state index is 12.8. The third-order valence-electron chi connectivity index (χ3n) is 3.82. The highest BCUT2D eigenvalue weighted by Crippen LogP contribution is 2.20. The molecule has 2 rings (SSSR count). The molecule has 0 heterocycles. The van der Waals surface area contributed by atoms with Crippen LogP contribution in [0.1, 0.15) is 29.7 Å². The van der Waals surface area contributed by atoms with Gasteiger partial charge in [0, 0.05) is 0 Å². The van der Waals surface area contributed by atoms with E-state index in [4.69, 9.17) is 10.00 Å². The maximum Gasteiger partial charge on any atom is 0.419 e. The Morgan fingerprint density at radius 1 is 1.29 bits per heavy atom. The molecule has 8 nitrogen and oxygen atoms in total. The summed E-state index contributed by atoms with van der Waals surface area (Å²) in [4.78, 5) is 15.1. The highest BCUT2D eigenvalue weighted by Gasteiger charge is 2.37. The molecule has 0 spiro atoms. The second kappa shape index (κ2) is 9.06. The van der Waals surface area contributed by atoms with Crippen molar-refractivity contribution in [3.05, 3.63) is 70.8 Å². The molecule has 1 unspecified atom stereocenters. The first-order valence-corrected chi connectivity index (χ1v) is 9.78. The summed E-state index contributed by atoms with van der Waals surface area (Å²) in [6, 6.07) is 12.6. The molecule has 0 radical (unpaired) electrons. The number of esters is 1. The van der Waals surface area contributed by atoms with Gasteiger partial charge in [-0.3, -0.25) is 0 Å². The summed E-state index contributed by atoms with van der Waals surface area (Å²) in [5.74, 6) is -0.982. The van der Waals surface area contributed by atoms with Crippen molar-refractivity contribution < 1.29 is 22.7 Å². The van der Waals surface area contributed by atoms with Crippen LogP contribution in [0.25, 0.3) is 5.53 Å². The summed E-state index contributed by atoms with van der Waals surface area (Å²) in [6.07, 6.45) is 0. The molecule has 0 aromatic heterocycles. The van der Waals surface area contributed by atoms with Crippen molar-refractivity contribution in [1.82, 2.24) is 4.72 Å². The third kappa shape index (κ3) is 4.90. The first kappa shape index (κ1) is 21.0. The summed E-state index contributed by atoms with van der Waals surface area (Å²) in [7, 11) is -4.08. The SMILES string of the molecule is CCOC(=O)C(=[N+]=[N-])C(NS(=O)(=O)c1ccc(C)cc1)c1cccc(C#N)c1. The lowest BCUT2D eigenvalue weighted by Gasteiger charge is -2.15. The van der Waals surface area contributed by atoms with Crippen LogP contribution in [-0.2, 0) is 19.6 Å². The molecule has 2 aromatic rings. The van der Waals surface area contributed by atoms with Crippen LogP contribution in [0, 0.1) is 18.3 Å². The van der Waals surface area contributed by atoms with Crippen LogP contribution in [0.15, 0.2) is 53.4 Å². The Morgan fingerprint density at radius 3 is 2.54 bits per heavy atom. The van der Waals surface area contributed by atoms with E-state index < -0.39 is 27.7 Å². The predicted molar refractivity (Wildman–Crippen MR) is 101 cm³/mol. The monoisotopic (exact) mass is 398 g/mol. The van der Waals surface area contributed by atoms with Gasteiger partial charge in [-0.05, 0) is 43.7 Å². The minimum atomic E-state index is -4.08. The molecule has 0 saturated carbocycles. The van der Waals surface area contributed by atoms with Gasteiger partial charge in [0.05, 0.1) is 23.1 Å². The van der Waals surface area contributed by atoms with E-state index >= 15 is 0 Å². The Labute approximate surface area is 163 Å². The number of rotatable bonds is 7. The van der Waals surface area contributed by atoms with Crippen molar-refractivity contribution in [2.45, 2.75) is 24.8 Å². The number of nitrogens with zero attached hydrogens (tertiary/aromatic N) is 3. The number of hydrogen-bond donors (Lipinski definition) is 1. The van der Waals surface area contributed by atoms with Gasteiger partial charge >= 0.3 is 11.7 Å². The second-order valence-electron chi connectivity index (χ2n) is 5.81. The molecule has 144 valence electrons. The highest BCUT2D eigenvalue weighted by molar-refractivity contribution is 7.89. The minimum Gasteiger partial charge on any atom is -0.457 e. The van der Waals surface area contributed by atoms with Gasteiger partial charge in [0.2, 0.25) is 10.0 Å². The van der Waals surface area contributed by atoms with Crippen LogP contribution < -0.4 is 4.72 Å². The predicted octanol–water partition coefficient (Wildman–Crippen LogP) is 2.12. The lowest BCUT2D eigenvalue weighted by molar-refractivity contribution is -0.140. The van der Waals surface area contributed by atoms with Gasteiger partial charge in [-0.1, -0.05) is 29.8 Å². The number of carbonyl (C=O) groups is 1. The molecule has 28 heavy (non-hydrogen) atoms. The van der Waals surface area contributed by atoms with Crippen molar-refractivity contribution >= 4 is 21.7 Å². The van der Waals surface area contributed by atoms with Crippen LogP contribution in [0.2, 0.25) is 0 Å². The average molecular weight is 398 g/mol. The normalized spacial score (nSPS) is 11.8. The number of nitrogens with one attached hydrogen (secondary N) is 1. The molecule has 9 heteroatoms. The molecule has 0 aliphatic carbocycles. The minimum absolute atomic E-state index is 0.00746. The van der Waals surface area contributed by atoms with Crippen molar-refractivity contribution in [2.24, 2.45) is 0 Å². The zero-order chi connectivity index (χ0) is 20.7. The lowest BCUT2D eigenvalue weighted by atomic mass is 10.0. The van der Waals surface area contributed by atoms with E-state index in [1.54, 1.807) is 19.1 Å². The summed E-state index contributed by atoms with van der Waals surface area (Å²) in [5.41, 5.74) is 10.2. The number of carbonyl (C=O) groups excluding carboxylic acids is 1. The zero-order valence-electron chi connectivity index (χ0n) is 15.3. The molecule has 0 saturated heterocycles. The van der Waals surface area contributed by atoms with E-state index in [1.165, 1.54) is 36.4 Å². The van der Waals surface area contributed by atoms with E-state index in [2.05, 4.69) is 9.51 Å². The summed E-state index contributed by atoms with van der Waals surface area (Å²) in [5, 5.41) is 9.11. The van der Waals surface area contributed by atoms with Crippen LogP contribution in [0.3, 0.4) is 0 Å². The van der Waals surface area contributed by atoms with Crippen molar-refractivity contribution in [2.75, 3.05) is 6.61 Å². The Bertz CT molecular complexity index is 1070. The lowest BCUT2D eigenvalue weighted by Crippen LogP contribution is -2.38. The van der Waals surface area contributed by atoms with E-state index in [0.29, 0.717) is 0 Å². The Morgan fingerprint density at radius 2 is 1.96 bits per heavy atom. The first-order chi connectivity index (χ1) is 13.3. The number of hydrogen-bond acceptors (Lipinski definition) is 5. The second-order valence-corrected chi connectivity index (χ2v) is 7.52. The van der Waals surface area contributed by atoms with Crippen LogP contribution in [-0.4, -0.2) is 31.5 Å². The Balaban J connectivity index is 2.54. The molecule has 0 amide bonds. The zero-order valence-corrected chi connectivity index (χ0v) is 16.1. The highest BCUT2D eigenvalue weighted by atomic mass is 32.2. The fraction of sp³-hybridized carbons (Fsp3) is 0.211. The number of nitriles is 1.